The molecule has 1 heterocycles. The zero-order chi connectivity index (χ0) is 13.0. The summed E-state index contributed by atoms with van der Waals surface area (Å²) in [7, 11) is 0. The lowest BCUT2D eigenvalue weighted by molar-refractivity contribution is -0.137. The molecule has 19 heavy (non-hydrogen) atoms. The summed E-state index contributed by atoms with van der Waals surface area (Å²) in [6.45, 7) is 0. The second-order valence-corrected chi connectivity index (χ2v) is 3.57. The van der Waals surface area contributed by atoms with Crippen LogP contribution < -0.4 is 0 Å². The summed E-state index contributed by atoms with van der Waals surface area (Å²) < 4.78 is 37.4. The lowest BCUT2D eigenvalue weighted by atomic mass is 10.1. The number of hydrogen-bond acceptors (Lipinski definition) is 1. The molecule has 0 atom stereocenters. The van der Waals surface area contributed by atoms with Crippen molar-refractivity contribution in [3.63, 3.8) is 0 Å². The zero-order valence-corrected chi connectivity index (χ0v) is 10.4. The average molecular weight is 284 g/mol. The molecule has 0 radical (unpaired) electrons. The van der Waals surface area contributed by atoms with Gasteiger partial charge in [-0.05, 0) is 30.3 Å². The fourth-order valence-electron chi connectivity index (χ4n) is 1.35. The molecule has 5 heteroatoms. The lowest BCUT2D eigenvalue weighted by Crippen LogP contribution is -2.04. The molecule has 0 spiro atoms. The van der Waals surface area contributed by atoms with Gasteiger partial charge in [-0.15, -0.1) is 12.4 Å². The zero-order valence-electron chi connectivity index (χ0n) is 9.61. The fraction of sp³-hybridized carbons (Fsp3) is 0.0714. The van der Waals surface area contributed by atoms with E-state index in [-0.39, 0.29) is 12.4 Å². The highest BCUT2D eigenvalue weighted by atomic mass is 35.5. The van der Waals surface area contributed by atoms with Gasteiger partial charge in [0, 0.05) is 23.5 Å². The molecule has 0 fully saturated rings. The molecule has 1 aromatic carbocycles. The minimum absolute atomic E-state index is 0. The number of benzene rings is 1. The van der Waals surface area contributed by atoms with Gasteiger partial charge in [0.1, 0.15) is 0 Å². The standard InChI is InChI=1S/C14H8F3N.ClH/c15-14(16,17)13-5-1-3-11(9-13)6-7-12-4-2-8-18-10-12;/h1-5,8-10H;1H. The van der Waals surface area contributed by atoms with E-state index in [1.807, 2.05) is 0 Å². The number of hydrogen-bond donors (Lipinski definition) is 0. The molecule has 98 valence electrons. The van der Waals surface area contributed by atoms with Crippen molar-refractivity contribution >= 4 is 12.4 Å². The Hall–Kier alpha value is -1.99. The predicted octanol–water partition coefficient (Wildman–Crippen LogP) is 3.92. The molecule has 2 aromatic rings. The SMILES string of the molecule is Cl.FC(F)(F)c1cccc(C#Cc2cccnc2)c1. The summed E-state index contributed by atoms with van der Waals surface area (Å²) in [5.74, 6) is 5.44. The van der Waals surface area contributed by atoms with Crippen LogP contribution in [-0.2, 0) is 6.18 Å². The molecule has 0 aliphatic carbocycles. The minimum atomic E-state index is -4.34. The molecular weight excluding hydrogens is 275 g/mol. The molecule has 0 unspecified atom stereocenters. The summed E-state index contributed by atoms with van der Waals surface area (Å²) >= 11 is 0. The van der Waals surface area contributed by atoms with Gasteiger partial charge in [-0.1, -0.05) is 17.9 Å². The number of rotatable bonds is 0. The Balaban J connectivity index is 0.00000180. The van der Waals surface area contributed by atoms with E-state index in [1.165, 1.54) is 6.07 Å². The number of nitrogens with zero attached hydrogens (tertiary/aromatic N) is 1. The van der Waals surface area contributed by atoms with Crippen molar-refractivity contribution in [2.45, 2.75) is 6.18 Å². The van der Waals surface area contributed by atoms with E-state index in [2.05, 4.69) is 16.8 Å². The van der Waals surface area contributed by atoms with Gasteiger partial charge in [0.2, 0.25) is 0 Å². The normalized spacial score (nSPS) is 10.1. The van der Waals surface area contributed by atoms with Gasteiger partial charge >= 0.3 is 6.18 Å². The van der Waals surface area contributed by atoms with Crippen LogP contribution in [0.15, 0.2) is 48.8 Å². The maximum absolute atomic E-state index is 12.5. The Morgan fingerprint density at radius 1 is 0.947 bits per heavy atom. The summed E-state index contributed by atoms with van der Waals surface area (Å²) in [6.07, 6.45) is -1.18. The fourth-order valence-corrected chi connectivity index (χ4v) is 1.35. The Bertz CT molecular complexity index is 597. The van der Waals surface area contributed by atoms with Crippen LogP contribution in [-0.4, -0.2) is 4.98 Å². The van der Waals surface area contributed by atoms with Crippen LogP contribution in [0, 0.1) is 11.8 Å². The first-order valence-electron chi connectivity index (χ1n) is 5.15. The van der Waals surface area contributed by atoms with Crippen LogP contribution in [0.5, 0.6) is 0 Å². The molecule has 0 saturated carbocycles. The van der Waals surface area contributed by atoms with Crippen LogP contribution in [0.25, 0.3) is 0 Å². The van der Waals surface area contributed by atoms with Gasteiger partial charge in [0.25, 0.3) is 0 Å². The van der Waals surface area contributed by atoms with Gasteiger partial charge in [-0.2, -0.15) is 13.2 Å². The van der Waals surface area contributed by atoms with E-state index >= 15 is 0 Å². The van der Waals surface area contributed by atoms with E-state index in [4.69, 9.17) is 0 Å². The number of pyridine rings is 1. The summed E-state index contributed by atoms with van der Waals surface area (Å²) in [4.78, 5) is 3.87. The molecule has 1 nitrogen and oxygen atoms in total. The average Bonchev–Trinajstić information content (AvgIpc) is 2.37. The van der Waals surface area contributed by atoms with Crippen molar-refractivity contribution in [2.75, 3.05) is 0 Å². The van der Waals surface area contributed by atoms with Gasteiger partial charge in [0.15, 0.2) is 0 Å². The third-order valence-electron chi connectivity index (χ3n) is 2.20. The molecule has 0 aliphatic heterocycles. The van der Waals surface area contributed by atoms with Crippen molar-refractivity contribution in [1.82, 2.24) is 4.98 Å². The van der Waals surface area contributed by atoms with Crippen LogP contribution in [0.3, 0.4) is 0 Å². The highest BCUT2D eigenvalue weighted by Crippen LogP contribution is 2.29. The molecule has 0 saturated heterocycles. The first-order valence-corrected chi connectivity index (χ1v) is 5.15. The molecule has 0 bridgehead atoms. The van der Waals surface area contributed by atoms with E-state index in [9.17, 15) is 13.2 Å². The van der Waals surface area contributed by atoms with Crippen molar-refractivity contribution in [3.05, 3.63) is 65.5 Å². The topological polar surface area (TPSA) is 12.9 Å². The lowest BCUT2D eigenvalue weighted by Gasteiger charge is -2.05. The van der Waals surface area contributed by atoms with Crippen LogP contribution in [0.4, 0.5) is 13.2 Å². The quantitative estimate of drug-likeness (QED) is 0.668. The van der Waals surface area contributed by atoms with Crippen molar-refractivity contribution in [2.24, 2.45) is 0 Å². The molecule has 0 aliphatic rings. The Kier molecular flexibility index (Phi) is 4.96. The summed E-state index contributed by atoms with van der Waals surface area (Å²) in [5.41, 5.74) is 0.295. The molecular formula is C14H9ClF3N. The van der Waals surface area contributed by atoms with Gasteiger partial charge < -0.3 is 0 Å². The molecule has 1 aromatic heterocycles. The highest BCUT2D eigenvalue weighted by Gasteiger charge is 2.30. The Labute approximate surface area is 114 Å². The smallest absolute Gasteiger partial charge is 0.263 e. The monoisotopic (exact) mass is 283 g/mol. The van der Waals surface area contributed by atoms with E-state index in [1.54, 1.807) is 30.6 Å². The van der Waals surface area contributed by atoms with Crippen molar-refractivity contribution in [1.29, 1.82) is 0 Å². The van der Waals surface area contributed by atoms with E-state index in [0.29, 0.717) is 11.1 Å². The minimum Gasteiger partial charge on any atom is -0.263 e. The Morgan fingerprint density at radius 3 is 2.26 bits per heavy atom. The van der Waals surface area contributed by atoms with Gasteiger partial charge in [-0.25, -0.2) is 0 Å². The largest absolute Gasteiger partial charge is 0.416 e. The Morgan fingerprint density at radius 2 is 1.63 bits per heavy atom. The first-order chi connectivity index (χ1) is 8.55. The number of alkyl halides is 3. The van der Waals surface area contributed by atoms with Crippen LogP contribution in [0.2, 0.25) is 0 Å². The van der Waals surface area contributed by atoms with Crippen molar-refractivity contribution in [3.8, 4) is 11.8 Å². The van der Waals surface area contributed by atoms with Gasteiger partial charge in [0.05, 0.1) is 5.56 Å². The maximum atomic E-state index is 12.5. The predicted molar refractivity (Wildman–Crippen MR) is 68.9 cm³/mol. The third-order valence-corrected chi connectivity index (χ3v) is 2.20. The second-order valence-electron chi connectivity index (χ2n) is 3.57. The van der Waals surface area contributed by atoms with Crippen LogP contribution in [0.1, 0.15) is 16.7 Å². The van der Waals surface area contributed by atoms with E-state index < -0.39 is 11.7 Å². The van der Waals surface area contributed by atoms with E-state index in [0.717, 1.165) is 12.1 Å². The highest BCUT2D eigenvalue weighted by molar-refractivity contribution is 5.85. The van der Waals surface area contributed by atoms with Gasteiger partial charge in [-0.3, -0.25) is 4.98 Å². The summed E-state index contributed by atoms with van der Waals surface area (Å²) in [6, 6.07) is 8.40. The van der Waals surface area contributed by atoms with Crippen LogP contribution >= 0.6 is 12.4 Å². The molecule has 2 rings (SSSR count). The molecule has 0 amide bonds. The summed E-state index contributed by atoms with van der Waals surface area (Å²) in [5, 5.41) is 0. The third kappa shape index (κ3) is 4.31. The first kappa shape index (κ1) is 15.1. The molecule has 0 N–H and O–H groups in total. The number of aromatic nitrogens is 1. The second kappa shape index (κ2) is 6.26. The van der Waals surface area contributed by atoms with Crippen molar-refractivity contribution < 1.29 is 13.2 Å². The number of halogens is 4. The maximum Gasteiger partial charge on any atom is 0.416 e.